The van der Waals surface area contributed by atoms with Crippen molar-refractivity contribution in [2.24, 2.45) is 0 Å². The molecule has 2 nitrogen and oxygen atoms in total. The molecule has 0 amide bonds. The van der Waals surface area contributed by atoms with Crippen molar-refractivity contribution in [2.75, 3.05) is 26.2 Å². The maximum atomic E-state index is 4.51. The van der Waals surface area contributed by atoms with Gasteiger partial charge in [-0.2, -0.15) is 0 Å². The third-order valence-corrected chi connectivity index (χ3v) is 2.66. The van der Waals surface area contributed by atoms with E-state index in [0.717, 1.165) is 31.3 Å². The van der Waals surface area contributed by atoms with E-state index in [1.807, 2.05) is 0 Å². The summed E-state index contributed by atoms with van der Waals surface area (Å²) >= 11 is 4.51. The smallest absolute Gasteiger partial charge is 0.257 e. The Balaban J connectivity index is 4.46. The number of thiol groups is 1. The van der Waals surface area contributed by atoms with Crippen molar-refractivity contribution in [3.8, 4) is 0 Å². The minimum Gasteiger partial charge on any atom is -0.257 e. The average Bonchev–Trinajstić information content (AvgIpc) is 2.09. The van der Waals surface area contributed by atoms with Crippen LogP contribution < -0.4 is 0 Å². The van der Waals surface area contributed by atoms with E-state index in [1.54, 1.807) is 0 Å². The summed E-state index contributed by atoms with van der Waals surface area (Å²) in [5, 5.41) is 1.10. The van der Waals surface area contributed by atoms with Crippen molar-refractivity contribution < 1.29 is 4.58 Å². The van der Waals surface area contributed by atoms with Gasteiger partial charge in [0, 0.05) is 0 Å². The van der Waals surface area contributed by atoms with E-state index in [2.05, 4.69) is 49.8 Å². The second-order valence-corrected chi connectivity index (χ2v) is 3.04. The number of hydrogen-bond donors (Lipinski definition) is 1. The highest BCUT2D eigenvalue weighted by Gasteiger charge is 2.13. The number of amidine groups is 1. The molecule has 0 N–H and O–H groups in total. The van der Waals surface area contributed by atoms with E-state index in [0.29, 0.717) is 0 Å². The van der Waals surface area contributed by atoms with E-state index in [-0.39, 0.29) is 0 Å². The molecule has 0 aliphatic rings. The van der Waals surface area contributed by atoms with Crippen LogP contribution in [0.5, 0.6) is 0 Å². The van der Waals surface area contributed by atoms with E-state index in [9.17, 15) is 0 Å². The molecule has 12 heavy (non-hydrogen) atoms. The topological polar surface area (TPSA) is 6.25 Å². The molecular formula is C9H21N2S+. The molecule has 0 aromatic heterocycles. The maximum absolute atomic E-state index is 4.51. The molecule has 0 spiro atoms. The molecule has 72 valence electrons. The van der Waals surface area contributed by atoms with Crippen LogP contribution in [0.25, 0.3) is 0 Å². The van der Waals surface area contributed by atoms with Gasteiger partial charge >= 0.3 is 5.17 Å². The van der Waals surface area contributed by atoms with Crippen molar-refractivity contribution in [1.29, 1.82) is 0 Å². The molecule has 0 bridgehead atoms. The quantitative estimate of drug-likeness (QED) is 0.305. The first kappa shape index (κ1) is 11.8. The summed E-state index contributed by atoms with van der Waals surface area (Å²) in [6.07, 6.45) is 0. The molecule has 0 aromatic carbocycles. The first-order chi connectivity index (χ1) is 5.71. The minimum atomic E-state index is 1.03. The van der Waals surface area contributed by atoms with Crippen LogP contribution >= 0.6 is 12.6 Å². The molecule has 0 heterocycles. The van der Waals surface area contributed by atoms with Gasteiger partial charge in [-0.3, -0.25) is 9.48 Å². The zero-order valence-corrected chi connectivity index (χ0v) is 9.56. The zero-order valence-electron chi connectivity index (χ0n) is 8.67. The highest BCUT2D eigenvalue weighted by molar-refractivity contribution is 7.96. The second-order valence-electron chi connectivity index (χ2n) is 2.64. The zero-order chi connectivity index (χ0) is 9.56. The van der Waals surface area contributed by atoms with Crippen LogP contribution in [0.2, 0.25) is 0 Å². The van der Waals surface area contributed by atoms with Gasteiger partial charge < -0.3 is 0 Å². The van der Waals surface area contributed by atoms with Crippen LogP contribution in [0, 0.1) is 0 Å². The Kier molecular flexibility index (Phi) is 6.25. The highest BCUT2D eigenvalue weighted by Crippen LogP contribution is 1.96. The van der Waals surface area contributed by atoms with Gasteiger partial charge in [-0.05, 0) is 27.7 Å². The number of nitrogens with zero attached hydrogens (tertiary/aromatic N) is 2. The summed E-state index contributed by atoms with van der Waals surface area (Å²) in [5.74, 6) is 0. The summed E-state index contributed by atoms with van der Waals surface area (Å²) < 4.78 is 2.26. The standard InChI is InChI=1S/C9H20N2S/c1-5-10(6-2)9(12)11(7-3)8-4/h5-8H2,1-4H3/p+1. The van der Waals surface area contributed by atoms with Crippen LogP contribution in [-0.4, -0.2) is 40.8 Å². The van der Waals surface area contributed by atoms with Gasteiger partial charge in [0.25, 0.3) is 0 Å². The molecule has 0 radical (unpaired) electrons. The molecule has 0 aliphatic heterocycles. The van der Waals surface area contributed by atoms with E-state index >= 15 is 0 Å². The van der Waals surface area contributed by atoms with Gasteiger partial charge in [0.05, 0.1) is 26.2 Å². The number of hydrogen-bond acceptors (Lipinski definition) is 0. The highest BCUT2D eigenvalue weighted by atomic mass is 32.1. The molecule has 0 saturated carbocycles. The lowest BCUT2D eigenvalue weighted by molar-refractivity contribution is -0.522. The summed E-state index contributed by atoms with van der Waals surface area (Å²) in [4.78, 5) is 2.26. The monoisotopic (exact) mass is 189 g/mol. The van der Waals surface area contributed by atoms with E-state index < -0.39 is 0 Å². The van der Waals surface area contributed by atoms with Gasteiger partial charge in [-0.1, -0.05) is 12.6 Å². The molecule has 0 saturated heterocycles. The Morgan fingerprint density at radius 2 is 1.50 bits per heavy atom. The van der Waals surface area contributed by atoms with Gasteiger partial charge in [-0.25, -0.2) is 0 Å². The minimum absolute atomic E-state index is 1.03. The SMILES string of the molecule is CCN(CC)C(S)=[N+](CC)CC. The summed E-state index contributed by atoms with van der Waals surface area (Å²) in [5.41, 5.74) is 0. The Bertz CT molecular complexity index is 145. The average molecular weight is 189 g/mol. The third-order valence-electron chi connectivity index (χ3n) is 2.09. The summed E-state index contributed by atoms with van der Waals surface area (Å²) in [6, 6.07) is 0. The fourth-order valence-electron chi connectivity index (χ4n) is 1.21. The molecule has 0 atom stereocenters. The van der Waals surface area contributed by atoms with Crippen molar-refractivity contribution in [3.05, 3.63) is 0 Å². The molecule has 0 aromatic rings. The van der Waals surface area contributed by atoms with Crippen LogP contribution in [0.15, 0.2) is 0 Å². The van der Waals surface area contributed by atoms with E-state index in [1.165, 1.54) is 0 Å². The predicted molar refractivity (Wildman–Crippen MR) is 58.3 cm³/mol. The maximum Gasteiger partial charge on any atom is 0.305 e. The van der Waals surface area contributed by atoms with Crippen molar-refractivity contribution in [2.45, 2.75) is 27.7 Å². The van der Waals surface area contributed by atoms with Crippen molar-refractivity contribution in [1.82, 2.24) is 4.90 Å². The fraction of sp³-hybridized carbons (Fsp3) is 0.889. The lowest BCUT2D eigenvalue weighted by atomic mass is 10.5. The molecular weight excluding hydrogens is 168 g/mol. The Hall–Kier alpha value is -0.180. The molecule has 0 unspecified atom stereocenters. The van der Waals surface area contributed by atoms with Gasteiger partial charge in [0.15, 0.2) is 0 Å². The normalized spacial score (nSPS) is 9.75. The fourth-order valence-corrected chi connectivity index (χ4v) is 1.78. The lowest BCUT2D eigenvalue weighted by Gasteiger charge is -2.15. The predicted octanol–water partition coefficient (Wildman–Crippen LogP) is 1.67. The van der Waals surface area contributed by atoms with Gasteiger partial charge in [0.1, 0.15) is 0 Å². The van der Waals surface area contributed by atoms with Crippen LogP contribution in [0.4, 0.5) is 0 Å². The molecule has 3 heteroatoms. The largest absolute Gasteiger partial charge is 0.305 e. The molecule has 0 rings (SSSR count). The third kappa shape index (κ3) is 3.05. The second kappa shape index (κ2) is 6.35. The van der Waals surface area contributed by atoms with Crippen molar-refractivity contribution in [3.63, 3.8) is 0 Å². The summed E-state index contributed by atoms with van der Waals surface area (Å²) in [7, 11) is 0. The van der Waals surface area contributed by atoms with Gasteiger partial charge in [0.2, 0.25) is 0 Å². The first-order valence-corrected chi connectivity index (χ1v) is 5.21. The van der Waals surface area contributed by atoms with Crippen LogP contribution in [0.3, 0.4) is 0 Å². The molecule has 0 fully saturated rings. The molecule has 0 aliphatic carbocycles. The van der Waals surface area contributed by atoms with Gasteiger partial charge in [-0.15, -0.1) is 0 Å². The van der Waals surface area contributed by atoms with Crippen LogP contribution in [0.1, 0.15) is 27.7 Å². The van der Waals surface area contributed by atoms with E-state index in [4.69, 9.17) is 0 Å². The number of rotatable bonds is 4. The lowest BCUT2D eigenvalue weighted by Crippen LogP contribution is -2.34. The van der Waals surface area contributed by atoms with Crippen LogP contribution in [-0.2, 0) is 0 Å². The Morgan fingerprint density at radius 1 is 1.08 bits per heavy atom. The van der Waals surface area contributed by atoms with Crippen molar-refractivity contribution >= 4 is 17.8 Å². The Labute approximate surface area is 81.7 Å². The summed E-state index contributed by atoms with van der Waals surface area (Å²) in [6.45, 7) is 12.8. The first-order valence-electron chi connectivity index (χ1n) is 4.76. The Morgan fingerprint density at radius 3 is 1.75 bits per heavy atom.